The molecule has 0 saturated carbocycles. The summed E-state index contributed by atoms with van der Waals surface area (Å²) in [4.78, 5) is 24.8. The standard InChI is InChI=1S/C21H23N7O4S2/c1-4-32-20(30)18-12(2)15(9-22)19(34-18)25-17(29)11-33-21-27-26-16(28(21)23)10-24-13-5-7-14(31-3)8-6-13/h5-8,24H,4,10-11,23H2,1-3H3,(H,25,29). The SMILES string of the molecule is CCOC(=O)c1sc(NC(=O)CSc2nnc(CNc3ccc(OC)cc3)n2N)c(C#N)c1C. The van der Waals surface area contributed by atoms with Crippen LogP contribution in [0.5, 0.6) is 5.75 Å². The number of carbonyl (C=O) groups is 2. The molecule has 13 heteroatoms. The summed E-state index contributed by atoms with van der Waals surface area (Å²) >= 11 is 2.11. The number of benzene rings is 1. The Morgan fingerprint density at radius 3 is 2.68 bits per heavy atom. The van der Waals surface area contributed by atoms with E-state index < -0.39 is 5.97 Å². The normalized spacial score (nSPS) is 10.4. The average Bonchev–Trinajstić information content (AvgIpc) is 3.35. The Morgan fingerprint density at radius 2 is 2.03 bits per heavy atom. The topological polar surface area (TPSA) is 157 Å². The van der Waals surface area contributed by atoms with Gasteiger partial charge < -0.3 is 25.9 Å². The quantitative estimate of drug-likeness (QED) is 0.214. The molecule has 3 aromatic rings. The molecule has 2 heterocycles. The van der Waals surface area contributed by atoms with Crippen molar-refractivity contribution in [3.05, 3.63) is 46.1 Å². The summed E-state index contributed by atoms with van der Waals surface area (Å²) in [6.45, 7) is 3.89. The molecular formula is C21H23N7O4S2. The molecule has 0 aliphatic heterocycles. The fourth-order valence-electron chi connectivity index (χ4n) is 2.84. The number of methoxy groups -OCH3 is 1. The van der Waals surface area contributed by atoms with Crippen LogP contribution >= 0.6 is 23.1 Å². The van der Waals surface area contributed by atoms with E-state index in [1.54, 1.807) is 21.0 Å². The van der Waals surface area contributed by atoms with Crippen LogP contribution in [0.3, 0.4) is 0 Å². The van der Waals surface area contributed by atoms with E-state index >= 15 is 0 Å². The first-order valence-corrected chi connectivity index (χ1v) is 11.9. The van der Waals surface area contributed by atoms with Crippen LogP contribution in [0.4, 0.5) is 10.7 Å². The zero-order chi connectivity index (χ0) is 24.7. The minimum atomic E-state index is -0.525. The molecule has 0 saturated heterocycles. The Hall–Kier alpha value is -3.76. The van der Waals surface area contributed by atoms with Crippen molar-refractivity contribution in [2.75, 3.05) is 35.9 Å². The van der Waals surface area contributed by atoms with Crippen LogP contribution in [0.2, 0.25) is 0 Å². The third-order valence-electron chi connectivity index (χ3n) is 4.58. The first kappa shape index (κ1) is 24.9. The van der Waals surface area contributed by atoms with Crippen LogP contribution in [0, 0.1) is 18.3 Å². The smallest absolute Gasteiger partial charge is 0.348 e. The predicted octanol–water partition coefficient (Wildman–Crippen LogP) is 2.76. The number of hydrogen-bond acceptors (Lipinski definition) is 11. The van der Waals surface area contributed by atoms with Gasteiger partial charge in [0.2, 0.25) is 11.1 Å². The predicted molar refractivity (Wildman–Crippen MR) is 130 cm³/mol. The summed E-state index contributed by atoms with van der Waals surface area (Å²) in [5, 5.41) is 24.1. The fourth-order valence-corrected chi connectivity index (χ4v) is 4.58. The van der Waals surface area contributed by atoms with Crippen molar-refractivity contribution in [3.63, 3.8) is 0 Å². The van der Waals surface area contributed by atoms with Crippen LogP contribution in [0.15, 0.2) is 29.4 Å². The number of esters is 1. The van der Waals surface area contributed by atoms with Crippen molar-refractivity contribution >= 4 is 45.7 Å². The van der Waals surface area contributed by atoms with E-state index in [-0.39, 0.29) is 28.7 Å². The van der Waals surface area contributed by atoms with Crippen molar-refractivity contribution in [1.29, 1.82) is 5.26 Å². The maximum absolute atomic E-state index is 12.5. The Labute approximate surface area is 204 Å². The van der Waals surface area contributed by atoms with Crippen molar-refractivity contribution in [3.8, 4) is 11.8 Å². The molecule has 0 unspecified atom stereocenters. The number of rotatable bonds is 10. The van der Waals surface area contributed by atoms with Gasteiger partial charge in [-0.3, -0.25) is 4.79 Å². The molecular weight excluding hydrogens is 478 g/mol. The highest BCUT2D eigenvalue weighted by molar-refractivity contribution is 7.99. The monoisotopic (exact) mass is 501 g/mol. The zero-order valence-corrected chi connectivity index (χ0v) is 20.4. The minimum absolute atomic E-state index is 0.0161. The molecule has 0 radical (unpaired) electrons. The Balaban J connectivity index is 1.58. The van der Waals surface area contributed by atoms with E-state index in [0.717, 1.165) is 34.5 Å². The second-order valence-corrected chi connectivity index (χ2v) is 8.74. The van der Waals surface area contributed by atoms with Crippen molar-refractivity contribution in [2.24, 2.45) is 0 Å². The van der Waals surface area contributed by atoms with Gasteiger partial charge in [-0.25, -0.2) is 9.47 Å². The second kappa shape index (κ2) is 11.4. The molecule has 3 rings (SSSR count). The highest BCUT2D eigenvalue weighted by Gasteiger charge is 2.22. The van der Waals surface area contributed by atoms with Crippen molar-refractivity contribution in [1.82, 2.24) is 14.9 Å². The molecule has 0 fully saturated rings. The van der Waals surface area contributed by atoms with E-state index in [1.165, 1.54) is 4.68 Å². The van der Waals surface area contributed by atoms with Crippen LogP contribution in [0.25, 0.3) is 0 Å². The van der Waals surface area contributed by atoms with Crippen LogP contribution in [-0.2, 0) is 16.1 Å². The van der Waals surface area contributed by atoms with Gasteiger partial charge in [-0.05, 0) is 43.7 Å². The number of nitriles is 1. The number of ether oxygens (including phenoxy) is 2. The summed E-state index contributed by atoms with van der Waals surface area (Å²) in [7, 11) is 1.60. The van der Waals surface area contributed by atoms with Crippen molar-refractivity contribution < 1.29 is 19.1 Å². The van der Waals surface area contributed by atoms with Gasteiger partial charge in [0, 0.05) is 5.69 Å². The van der Waals surface area contributed by atoms with Crippen LogP contribution < -0.4 is 21.2 Å². The average molecular weight is 502 g/mol. The van der Waals surface area contributed by atoms with Crippen LogP contribution in [0.1, 0.15) is 33.5 Å². The number of nitrogen functional groups attached to an aromatic ring is 1. The summed E-state index contributed by atoms with van der Waals surface area (Å²) in [6, 6.07) is 9.42. The lowest BCUT2D eigenvalue weighted by Gasteiger charge is -2.07. The summed E-state index contributed by atoms with van der Waals surface area (Å²) in [5.41, 5.74) is 1.57. The molecule has 4 N–H and O–H groups in total. The molecule has 1 amide bonds. The Bertz CT molecular complexity index is 1220. The van der Waals surface area contributed by atoms with E-state index in [0.29, 0.717) is 28.1 Å². The lowest BCUT2D eigenvalue weighted by molar-refractivity contribution is -0.113. The highest BCUT2D eigenvalue weighted by Crippen LogP contribution is 2.33. The molecule has 0 aliphatic rings. The number of anilines is 2. The highest BCUT2D eigenvalue weighted by atomic mass is 32.2. The molecule has 1 aromatic carbocycles. The number of carbonyl (C=O) groups excluding carboxylic acids is 2. The first-order valence-electron chi connectivity index (χ1n) is 10.1. The molecule has 34 heavy (non-hydrogen) atoms. The number of nitrogens with one attached hydrogen (secondary N) is 2. The number of nitrogens with zero attached hydrogens (tertiary/aromatic N) is 4. The number of thiophene rings is 1. The molecule has 2 aromatic heterocycles. The van der Waals surface area contributed by atoms with Gasteiger partial charge in [0.1, 0.15) is 21.7 Å². The third kappa shape index (κ3) is 5.77. The molecule has 0 bridgehead atoms. The number of hydrogen-bond donors (Lipinski definition) is 3. The summed E-state index contributed by atoms with van der Waals surface area (Å²) < 4.78 is 11.5. The first-order chi connectivity index (χ1) is 16.4. The van der Waals surface area contributed by atoms with Gasteiger partial charge in [-0.1, -0.05) is 11.8 Å². The van der Waals surface area contributed by atoms with Crippen molar-refractivity contribution in [2.45, 2.75) is 25.5 Å². The molecule has 0 aliphatic carbocycles. The van der Waals surface area contributed by atoms with Gasteiger partial charge in [-0.15, -0.1) is 21.5 Å². The fraction of sp³-hybridized carbons (Fsp3) is 0.286. The summed E-state index contributed by atoms with van der Waals surface area (Å²) in [6.07, 6.45) is 0. The number of aromatic nitrogens is 3. The maximum atomic E-state index is 12.5. The van der Waals surface area contributed by atoms with Gasteiger partial charge >= 0.3 is 5.97 Å². The maximum Gasteiger partial charge on any atom is 0.348 e. The molecule has 11 nitrogen and oxygen atoms in total. The van der Waals surface area contributed by atoms with Crippen LogP contribution in [-0.4, -0.2) is 46.2 Å². The van der Waals surface area contributed by atoms with E-state index in [1.807, 2.05) is 30.3 Å². The Kier molecular flexibility index (Phi) is 8.34. The van der Waals surface area contributed by atoms with Gasteiger partial charge in [0.15, 0.2) is 5.82 Å². The minimum Gasteiger partial charge on any atom is -0.497 e. The Morgan fingerprint density at radius 1 is 1.29 bits per heavy atom. The van der Waals surface area contributed by atoms with E-state index in [2.05, 4.69) is 20.8 Å². The number of amides is 1. The second-order valence-electron chi connectivity index (χ2n) is 6.78. The lowest BCUT2D eigenvalue weighted by Crippen LogP contribution is -2.18. The number of nitrogens with two attached hydrogens (primary N) is 1. The van der Waals surface area contributed by atoms with Gasteiger partial charge in [0.05, 0.1) is 31.6 Å². The van der Waals surface area contributed by atoms with E-state index in [9.17, 15) is 14.9 Å². The largest absolute Gasteiger partial charge is 0.497 e. The lowest BCUT2D eigenvalue weighted by atomic mass is 10.2. The van der Waals surface area contributed by atoms with Gasteiger partial charge in [-0.2, -0.15) is 5.26 Å². The van der Waals surface area contributed by atoms with E-state index in [4.69, 9.17) is 15.3 Å². The summed E-state index contributed by atoms with van der Waals surface area (Å²) in [5.74, 6) is 6.39. The molecule has 0 atom stereocenters. The molecule has 178 valence electrons. The van der Waals surface area contributed by atoms with Gasteiger partial charge in [0.25, 0.3) is 0 Å². The molecule has 0 spiro atoms. The zero-order valence-electron chi connectivity index (χ0n) is 18.7. The third-order valence-corrected chi connectivity index (χ3v) is 6.71. The number of thioether (sulfide) groups is 1.